The predicted octanol–water partition coefficient (Wildman–Crippen LogP) is 1.90. The molecule has 0 radical (unpaired) electrons. The SMILES string of the molecule is CNC(C)C1CC(C)/C(=N/N)C2C=C(C=CC2C)c2cnn(C)c2OCCCOC1NCCO. The largest absolute Gasteiger partial charge is 0.477 e. The molecule has 1 aliphatic heterocycles. The van der Waals surface area contributed by atoms with Gasteiger partial charge in [-0.1, -0.05) is 32.1 Å². The number of rotatable bonds is 5. The molecule has 0 saturated carbocycles. The van der Waals surface area contributed by atoms with Gasteiger partial charge in [-0.3, -0.25) is 5.32 Å². The van der Waals surface area contributed by atoms with Crippen LogP contribution in [0.25, 0.3) is 5.57 Å². The van der Waals surface area contributed by atoms with Crippen LogP contribution in [-0.4, -0.2) is 66.3 Å². The van der Waals surface area contributed by atoms with Crippen LogP contribution >= 0.6 is 0 Å². The zero-order chi connectivity index (χ0) is 24.7. The summed E-state index contributed by atoms with van der Waals surface area (Å²) in [7, 11) is 3.86. The average Bonchev–Trinajstić information content (AvgIpc) is 3.20. The molecule has 6 unspecified atom stereocenters. The van der Waals surface area contributed by atoms with Gasteiger partial charge in [0.15, 0.2) is 0 Å². The maximum absolute atomic E-state index is 9.43. The van der Waals surface area contributed by atoms with E-state index in [0.717, 1.165) is 35.6 Å². The van der Waals surface area contributed by atoms with Crippen LogP contribution in [0.3, 0.4) is 0 Å². The van der Waals surface area contributed by atoms with Gasteiger partial charge in [0.05, 0.1) is 31.6 Å². The van der Waals surface area contributed by atoms with Crippen molar-refractivity contribution in [2.24, 2.45) is 41.7 Å². The highest BCUT2D eigenvalue weighted by Gasteiger charge is 2.33. The molecule has 2 heterocycles. The number of hydrogen-bond acceptors (Lipinski definition) is 8. The van der Waals surface area contributed by atoms with Gasteiger partial charge in [0.25, 0.3) is 0 Å². The lowest BCUT2D eigenvalue weighted by Gasteiger charge is -2.35. The summed E-state index contributed by atoms with van der Waals surface area (Å²) >= 11 is 0. The van der Waals surface area contributed by atoms with Gasteiger partial charge in [0.2, 0.25) is 5.88 Å². The van der Waals surface area contributed by atoms with E-state index in [0.29, 0.717) is 19.8 Å². The van der Waals surface area contributed by atoms with E-state index >= 15 is 0 Å². The molecule has 2 aliphatic rings. The molecule has 1 aromatic heterocycles. The highest BCUT2D eigenvalue weighted by atomic mass is 16.5. The van der Waals surface area contributed by atoms with Gasteiger partial charge >= 0.3 is 0 Å². The lowest BCUT2D eigenvalue weighted by molar-refractivity contribution is -0.0301. The van der Waals surface area contributed by atoms with E-state index < -0.39 is 0 Å². The fraction of sp³-hybridized carbons (Fsp3) is 0.680. The molecule has 0 aromatic carbocycles. The molecular formula is C25H42N6O3. The topological polar surface area (TPSA) is 119 Å². The van der Waals surface area contributed by atoms with E-state index in [4.69, 9.17) is 15.3 Å². The van der Waals surface area contributed by atoms with Gasteiger partial charge in [-0.05, 0) is 37.8 Å². The summed E-state index contributed by atoms with van der Waals surface area (Å²) in [5.74, 6) is 7.39. The van der Waals surface area contributed by atoms with Gasteiger partial charge in [0, 0.05) is 43.6 Å². The molecular weight excluding hydrogens is 432 g/mol. The van der Waals surface area contributed by atoms with Crippen LogP contribution in [0.4, 0.5) is 0 Å². The van der Waals surface area contributed by atoms with Crippen LogP contribution in [0.15, 0.2) is 29.5 Å². The van der Waals surface area contributed by atoms with Crippen LogP contribution in [0, 0.1) is 23.7 Å². The lowest BCUT2D eigenvalue weighted by Crippen LogP contribution is -2.49. The third-order valence-electron chi connectivity index (χ3n) is 7.09. The Morgan fingerprint density at radius 2 is 2.15 bits per heavy atom. The van der Waals surface area contributed by atoms with Crippen molar-refractivity contribution in [1.29, 1.82) is 0 Å². The summed E-state index contributed by atoms with van der Waals surface area (Å²) in [6, 6.07) is 0.190. The minimum atomic E-state index is -0.219. The third-order valence-corrected chi connectivity index (χ3v) is 7.09. The Morgan fingerprint density at radius 1 is 1.35 bits per heavy atom. The van der Waals surface area contributed by atoms with Crippen molar-refractivity contribution < 1.29 is 14.6 Å². The molecule has 9 nitrogen and oxygen atoms in total. The maximum atomic E-state index is 9.43. The number of nitrogens with zero attached hydrogens (tertiary/aromatic N) is 3. The zero-order valence-electron chi connectivity index (χ0n) is 21.2. The summed E-state index contributed by atoms with van der Waals surface area (Å²) in [4.78, 5) is 0. The summed E-state index contributed by atoms with van der Waals surface area (Å²) in [6.07, 6.45) is 9.83. The molecule has 0 saturated heterocycles. The number of hydrazone groups is 1. The van der Waals surface area contributed by atoms with Crippen molar-refractivity contribution in [2.45, 2.75) is 45.9 Å². The molecule has 34 heavy (non-hydrogen) atoms. The van der Waals surface area contributed by atoms with Crippen LogP contribution in [0.2, 0.25) is 0 Å². The average molecular weight is 475 g/mol. The number of allylic oxidation sites excluding steroid dienone is 4. The minimum Gasteiger partial charge on any atom is -0.477 e. The number of aryl methyl sites for hydroxylation is 1. The van der Waals surface area contributed by atoms with Crippen LogP contribution in [0.5, 0.6) is 5.88 Å². The van der Waals surface area contributed by atoms with E-state index in [-0.39, 0.29) is 42.5 Å². The van der Waals surface area contributed by atoms with Gasteiger partial charge < -0.3 is 25.7 Å². The normalized spacial score (nSPS) is 30.6. The Bertz CT molecular complexity index is 880. The molecule has 3 rings (SSSR count). The number of nitrogens with one attached hydrogen (secondary N) is 2. The van der Waals surface area contributed by atoms with E-state index in [2.05, 4.69) is 59.8 Å². The standard InChI is InChI=1S/C25H42N6O3/c1-16-7-8-19-14-20(16)23(30-26)17(2)13-21(18(3)27-4)24(28-9-10-32)33-11-6-12-34-25-22(19)15-29-31(25)5/h7-8,14-18,20-21,24,27-28,32H,6,9-13,26H2,1-5H3/b30-23-. The van der Waals surface area contributed by atoms with Crippen molar-refractivity contribution in [3.8, 4) is 5.88 Å². The molecule has 1 aromatic rings. The van der Waals surface area contributed by atoms with Crippen molar-refractivity contribution >= 4 is 11.3 Å². The summed E-state index contributed by atoms with van der Waals surface area (Å²) in [6.45, 7) is 8.14. The van der Waals surface area contributed by atoms with Crippen LogP contribution in [-0.2, 0) is 11.8 Å². The Hall–Kier alpha value is -2.20. The highest BCUT2D eigenvalue weighted by molar-refractivity contribution is 5.93. The second kappa shape index (κ2) is 12.5. The fourth-order valence-electron chi connectivity index (χ4n) is 4.96. The number of aliphatic hydroxyl groups excluding tert-OH is 1. The smallest absolute Gasteiger partial charge is 0.219 e. The van der Waals surface area contributed by atoms with Crippen LogP contribution < -0.4 is 21.2 Å². The first-order valence-electron chi connectivity index (χ1n) is 12.4. The predicted molar refractivity (Wildman–Crippen MR) is 135 cm³/mol. The molecule has 6 atom stereocenters. The second-order valence-corrected chi connectivity index (χ2v) is 9.46. The summed E-state index contributed by atoms with van der Waals surface area (Å²) in [5.41, 5.74) is 3.03. The Morgan fingerprint density at radius 3 is 2.85 bits per heavy atom. The lowest BCUT2D eigenvalue weighted by atomic mass is 9.76. The minimum absolute atomic E-state index is 0.0530. The Balaban J connectivity index is 2.00. The Labute approximate surface area is 203 Å². The Kier molecular flexibility index (Phi) is 9.70. The van der Waals surface area contributed by atoms with E-state index in [9.17, 15) is 5.11 Å². The van der Waals surface area contributed by atoms with Crippen molar-refractivity contribution in [3.63, 3.8) is 0 Å². The van der Waals surface area contributed by atoms with Gasteiger partial charge in [-0.15, -0.1) is 0 Å². The summed E-state index contributed by atoms with van der Waals surface area (Å²) < 4.78 is 14.2. The van der Waals surface area contributed by atoms with Crippen molar-refractivity contribution in [3.05, 3.63) is 30.0 Å². The second-order valence-electron chi connectivity index (χ2n) is 9.46. The molecule has 5 N–H and O–H groups in total. The zero-order valence-corrected chi connectivity index (χ0v) is 21.2. The first-order valence-corrected chi connectivity index (χ1v) is 12.4. The molecule has 1 aliphatic carbocycles. The molecule has 0 spiro atoms. The number of aliphatic hydroxyl groups is 1. The first kappa shape index (κ1) is 26.4. The van der Waals surface area contributed by atoms with Crippen molar-refractivity contribution in [1.82, 2.24) is 20.4 Å². The molecule has 0 amide bonds. The molecule has 9 heteroatoms. The van der Waals surface area contributed by atoms with Gasteiger partial charge in [-0.2, -0.15) is 10.2 Å². The van der Waals surface area contributed by atoms with Crippen LogP contribution in [0.1, 0.15) is 39.2 Å². The third kappa shape index (κ3) is 6.07. The van der Waals surface area contributed by atoms with Gasteiger partial charge in [0.1, 0.15) is 6.23 Å². The van der Waals surface area contributed by atoms with E-state index in [1.807, 2.05) is 20.3 Å². The summed E-state index contributed by atoms with van der Waals surface area (Å²) in [5, 5.41) is 25.0. The molecule has 190 valence electrons. The number of aromatic nitrogens is 2. The number of ether oxygens (including phenoxy) is 2. The van der Waals surface area contributed by atoms with E-state index in [1.165, 1.54) is 0 Å². The maximum Gasteiger partial charge on any atom is 0.219 e. The fourth-order valence-corrected chi connectivity index (χ4v) is 4.96. The number of fused-ring (bicyclic) bond motifs is 3. The molecule has 2 bridgehead atoms. The number of nitrogens with two attached hydrogens (primary N) is 1. The van der Waals surface area contributed by atoms with Crippen molar-refractivity contribution in [2.75, 3.05) is 33.4 Å². The highest BCUT2D eigenvalue weighted by Crippen LogP contribution is 2.36. The monoisotopic (exact) mass is 474 g/mol. The van der Waals surface area contributed by atoms with E-state index in [1.54, 1.807) is 4.68 Å². The molecule has 0 fully saturated rings. The van der Waals surface area contributed by atoms with Gasteiger partial charge in [-0.25, -0.2) is 4.68 Å². The quantitative estimate of drug-likeness (QED) is 0.380. The number of hydrogen-bond donors (Lipinski definition) is 4. The first-order chi connectivity index (χ1) is 16.4.